The number of hydrogen-bond acceptors (Lipinski definition) is 3. The molecule has 4 nitrogen and oxygen atoms in total. The number of nitrogens with one attached hydrogen (secondary N) is 1. The maximum absolute atomic E-state index is 13.0. The van der Waals surface area contributed by atoms with E-state index >= 15 is 0 Å². The van der Waals surface area contributed by atoms with Crippen LogP contribution in [0.1, 0.15) is 5.56 Å². The number of aromatic nitrogens is 2. The Morgan fingerprint density at radius 1 is 1.38 bits per heavy atom. The van der Waals surface area contributed by atoms with Crippen LogP contribution in [0.5, 0.6) is 0 Å². The van der Waals surface area contributed by atoms with Crippen molar-refractivity contribution < 1.29 is 17.9 Å². The van der Waals surface area contributed by atoms with Gasteiger partial charge in [0.2, 0.25) is 5.95 Å². The van der Waals surface area contributed by atoms with Gasteiger partial charge < -0.3 is 14.6 Å². The second-order valence-corrected chi connectivity index (χ2v) is 4.69. The molecule has 1 heterocycles. The maximum atomic E-state index is 13.0. The van der Waals surface area contributed by atoms with Gasteiger partial charge in [-0.2, -0.15) is 13.2 Å². The van der Waals surface area contributed by atoms with Crippen LogP contribution in [0.4, 0.5) is 24.8 Å². The SMILES string of the molecule is COCCn1ccnc1Nc1ccc(Cl)cc1C(F)(F)F. The van der Waals surface area contributed by atoms with Crippen molar-refractivity contribution in [2.45, 2.75) is 12.7 Å². The second-order valence-electron chi connectivity index (χ2n) is 4.25. The number of nitrogens with zero attached hydrogens (tertiary/aromatic N) is 2. The van der Waals surface area contributed by atoms with Crippen molar-refractivity contribution in [3.8, 4) is 0 Å². The van der Waals surface area contributed by atoms with E-state index in [-0.39, 0.29) is 10.7 Å². The van der Waals surface area contributed by atoms with Gasteiger partial charge in [-0.05, 0) is 18.2 Å². The van der Waals surface area contributed by atoms with Gasteiger partial charge in [0.05, 0.1) is 17.9 Å². The van der Waals surface area contributed by atoms with Gasteiger partial charge >= 0.3 is 6.18 Å². The summed E-state index contributed by atoms with van der Waals surface area (Å²) in [5.74, 6) is 0.305. The van der Waals surface area contributed by atoms with E-state index < -0.39 is 11.7 Å². The standard InChI is InChI=1S/C13H13ClF3N3O/c1-21-7-6-20-5-4-18-12(20)19-11-3-2-9(14)8-10(11)13(15,16)17/h2-5,8H,6-7H2,1H3,(H,18,19). The Morgan fingerprint density at radius 2 is 2.14 bits per heavy atom. The summed E-state index contributed by atoms with van der Waals surface area (Å²) in [4.78, 5) is 4.01. The number of alkyl halides is 3. The van der Waals surface area contributed by atoms with Crippen molar-refractivity contribution in [2.24, 2.45) is 0 Å². The summed E-state index contributed by atoms with van der Waals surface area (Å²) in [5.41, 5.74) is -0.937. The van der Waals surface area contributed by atoms with Gasteiger partial charge in [0.25, 0.3) is 0 Å². The van der Waals surface area contributed by atoms with Crippen molar-refractivity contribution >= 4 is 23.2 Å². The van der Waals surface area contributed by atoms with Crippen molar-refractivity contribution in [3.05, 3.63) is 41.2 Å². The van der Waals surface area contributed by atoms with Gasteiger partial charge in [0, 0.05) is 31.1 Å². The zero-order chi connectivity index (χ0) is 15.5. The third kappa shape index (κ3) is 3.89. The lowest BCUT2D eigenvalue weighted by molar-refractivity contribution is -0.136. The molecule has 2 rings (SSSR count). The molecular weight excluding hydrogens is 307 g/mol. The molecule has 0 aliphatic rings. The molecule has 0 unspecified atom stereocenters. The Balaban J connectivity index is 2.30. The zero-order valence-electron chi connectivity index (χ0n) is 11.1. The molecule has 0 spiro atoms. The van der Waals surface area contributed by atoms with Crippen LogP contribution < -0.4 is 5.32 Å². The fraction of sp³-hybridized carbons (Fsp3) is 0.308. The van der Waals surface area contributed by atoms with Gasteiger partial charge in [-0.15, -0.1) is 0 Å². The molecule has 0 radical (unpaired) electrons. The number of benzene rings is 1. The van der Waals surface area contributed by atoms with E-state index in [1.165, 1.54) is 18.3 Å². The molecule has 0 aliphatic heterocycles. The van der Waals surface area contributed by atoms with Crippen molar-refractivity contribution in [1.29, 1.82) is 0 Å². The highest BCUT2D eigenvalue weighted by molar-refractivity contribution is 6.30. The molecule has 0 fully saturated rings. The second kappa shape index (κ2) is 6.36. The lowest BCUT2D eigenvalue weighted by Gasteiger charge is -2.15. The summed E-state index contributed by atoms with van der Waals surface area (Å²) in [6.45, 7) is 0.908. The molecule has 1 aromatic heterocycles. The van der Waals surface area contributed by atoms with Crippen LogP contribution in [0.2, 0.25) is 5.02 Å². The largest absolute Gasteiger partial charge is 0.418 e. The highest BCUT2D eigenvalue weighted by atomic mass is 35.5. The Morgan fingerprint density at radius 3 is 2.81 bits per heavy atom. The third-order valence-corrected chi connectivity index (χ3v) is 3.02. The minimum Gasteiger partial charge on any atom is -0.383 e. The number of imidazole rings is 1. The third-order valence-electron chi connectivity index (χ3n) is 2.79. The van der Waals surface area contributed by atoms with E-state index in [1.807, 2.05) is 0 Å². The summed E-state index contributed by atoms with van der Waals surface area (Å²) in [6, 6.07) is 3.55. The Bertz CT molecular complexity index is 613. The molecular formula is C13H13ClF3N3O. The smallest absolute Gasteiger partial charge is 0.383 e. The predicted molar refractivity (Wildman–Crippen MR) is 73.8 cm³/mol. The number of methoxy groups -OCH3 is 1. The first-order chi connectivity index (χ1) is 9.91. The van der Waals surface area contributed by atoms with Crippen LogP contribution in [-0.2, 0) is 17.5 Å². The molecule has 2 aromatic rings. The number of hydrogen-bond donors (Lipinski definition) is 1. The summed E-state index contributed by atoms with van der Waals surface area (Å²) in [5, 5.41) is 2.71. The highest BCUT2D eigenvalue weighted by Crippen LogP contribution is 2.37. The van der Waals surface area contributed by atoms with E-state index in [0.717, 1.165) is 6.07 Å². The first kappa shape index (κ1) is 15.7. The number of rotatable bonds is 5. The molecule has 0 aliphatic carbocycles. The van der Waals surface area contributed by atoms with E-state index in [4.69, 9.17) is 16.3 Å². The first-order valence-electron chi connectivity index (χ1n) is 6.05. The summed E-state index contributed by atoms with van der Waals surface area (Å²) >= 11 is 5.64. The van der Waals surface area contributed by atoms with Gasteiger partial charge in [-0.25, -0.2) is 4.98 Å². The van der Waals surface area contributed by atoms with Crippen LogP contribution in [-0.4, -0.2) is 23.3 Å². The van der Waals surface area contributed by atoms with Gasteiger partial charge in [-0.1, -0.05) is 11.6 Å². The first-order valence-corrected chi connectivity index (χ1v) is 6.43. The molecule has 0 bridgehead atoms. The average molecular weight is 320 g/mol. The van der Waals surface area contributed by atoms with Crippen LogP contribution in [0.3, 0.4) is 0 Å². The normalized spacial score (nSPS) is 11.7. The average Bonchev–Trinajstić information content (AvgIpc) is 2.84. The fourth-order valence-corrected chi connectivity index (χ4v) is 1.96. The molecule has 0 saturated heterocycles. The van der Waals surface area contributed by atoms with Crippen LogP contribution in [0.25, 0.3) is 0 Å². The van der Waals surface area contributed by atoms with Crippen LogP contribution >= 0.6 is 11.6 Å². The summed E-state index contributed by atoms with van der Waals surface area (Å²) in [7, 11) is 1.55. The molecule has 0 atom stereocenters. The van der Waals surface area contributed by atoms with Crippen molar-refractivity contribution in [2.75, 3.05) is 19.0 Å². The molecule has 0 saturated carbocycles. The Hall–Kier alpha value is -1.73. The van der Waals surface area contributed by atoms with Gasteiger partial charge in [0.1, 0.15) is 0 Å². The molecule has 0 amide bonds. The number of halogens is 4. The highest BCUT2D eigenvalue weighted by Gasteiger charge is 2.34. The van der Waals surface area contributed by atoms with Gasteiger partial charge in [0.15, 0.2) is 0 Å². The lowest BCUT2D eigenvalue weighted by atomic mass is 10.1. The minimum absolute atomic E-state index is 0.0237. The Labute approximate surface area is 124 Å². The topological polar surface area (TPSA) is 39.1 Å². The maximum Gasteiger partial charge on any atom is 0.418 e. The lowest BCUT2D eigenvalue weighted by Crippen LogP contribution is -2.12. The zero-order valence-corrected chi connectivity index (χ0v) is 11.9. The molecule has 8 heteroatoms. The van der Waals surface area contributed by atoms with E-state index in [2.05, 4.69) is 10.3 Å². The van der Waals surface area contributed by atoms with Gasteiger partial charge in [-0.3, -0.25) is 0 Å². The summed E-state index contributed by atoms with van der Waals surface area (Å²) in [6.07, 6.45) is -1.34. The van der Waals surface area contributed by atoms with Crippen molar-refractivity contribution in [1.82, 2.24) is 9.55 Å². The predicted octanol–water partition coefficient (Wildman–Crippen LogP) is 3.95. The Kier molecular flexibility index (Phi) is 4.74. The van der Waals surface area contributed by atoms with E-state index in [9.17, 15) is 13.2 Å². The molecule has 1 N–H and O–H groups in total. The summed E-state index contributed by atoms with van der Waals surface area (Å²) < 4.78 is 45.6. The monoisotopic (exact) mass is 319 g/mol. The molecule has 1 aromatic carbocycles. The van der Waals surface area contributed by atoms with E-state index in [1.54, 1.807) is 17.9 Å². The van der Waals surface area contributed by atoms with Crippen molar-refractivity contribution in [3.63, 3.8) is 0 Å². The van der Waals surface area contributed by atoms with Crippen LogP contribution in [0, 0.1) is 0 Å². The molecule has 21 heavy (non-hydrogen) atoms. The quantitative estimate of drug-likeness (QED) is 0.907. The fourth-order valence-electron chi connectivity index (χ4n) is 1.78. The number of ether oxygens (including phenoxy) is 1. The minimum atomic E-state index is -4.50. The van der Waals surface area contributed by atoms with Crippen LogP contribution in [0.15, 0.2) is 30.6 Å². The number of anilines is 2. The molecule has 114 valence electrons. The van der Waals surface area contributed by atoms with E-state index in [0.29, 0.717) is 19.1 Å².